The number of hydrogen-bond acceptors (Lipinski definition) is 3. The molecule has 0 amide bonds. The second kappa shape index (κ2) is 4.96. The summed E-state index contributed by atoms with van der Waals surface area (Å²) in [7, 11) is 0. The van der Waals surface area contributed by atoms with E-state index < -0.39 is 0 Å². The third-order valence-corrected chi connectivity index (χ3v) is 4.07. The second-order valence-corrected chi connectivity index (χ2v) is 5.68. The van der Waals surface area contributed by atoms with Crippen LogP contribution in [0.4, 0.5) is 5.69 Å². The molecule has 0 spiro atoms. The van der Waals surface area contributed by atoms with E-state index in [1.54, 1.807) is 13.0 Å². The van der Waals surface area contributed by atoms with Crippen molar-refractivity contribution in [1.29, 1.82) is 0 Å². The lowest BCUT2D eigenvalue weighted by molar-refractivity contribution is -0.385. The van der Waals surface area contributed by atoms with Gasteiger partial charge in [-0.1, -0.05) is 12.1 Å². The molecule has 0 fully saturated rings. The number of hydrogen-bond donors (Lipinski definition) is 0. The van der Waals surface area contributed by atoms with Crippen LogP contribution < -0.4 is 0 Å². The Hall–Kier alpha value is -2.21. The van der Waals surface area contributed by atoms with Gasteiger partial charge in [0, 0.05) is 16.1 Å². The maximum atomic E-state index is 11.0. The molecule has 0 bridgehead atoms. The number of para-hydroxylation sites is 2. The molecular formula is C15H12BrN3O2. The maximum Gasteiger partial charge on any atom is 0.273 e. The van der Waals surface area contributed by atoms with Crippen molar-refractivity contribution in [2.75, 3.05) is 0 Å². The van der Waals surface area contributed by atoms with Gasteiger partial charge in [-0.05, 0) is 48.0 Å². The number of halogens is 1. The number of nitro benzene ring substituents is 1. The van der Waals surface area contributed by atoms with Crippen LogP contribution in [-0.4, -0.2) is 14.5 Å². The quantitative estimate of drug-likeness (QED) is 0.513. The van der Waals surface area contributed by atoms with E-state index in [2.05, 4.69) is 20.9 Å². The number of nitrogens with zero attached hydrogens (tertiary/aromatic N) is 3. The molecule has 0 aliphatic heterocycles. The molecule has 0 atom stereocenters. The van der Waals surface area contributed by atoms with E-state index in [0.29, 0.717) is 10.0 Å². The first-order valence-electron chi connectivity index (χ1n) is 6.38. The molecule has 0 saturated heterocycles. The van der Waals surface area contributed by atoms with E-state index in [1.165, 1.54) is 0 Å². The van der Waals surface area contributed by atoms with E-state index in [-0.39, 0.29) is 10.6 Å². The van der Waals surface area contributed by atoms with Crippen LogP contribution >= 0.6 is 15.9 Å². The molecule has 21 heavy (non-hydrogen) atoms. The summed E-state index contributed by atoms with van der Waals surface area (Å²) in [6.45, 7) is 3.66. The van der Waals surface area contributed by atoms with Crippen molar-refractivity contribution in [3.63, 3.8) is 0 Å². The van der Waals surface area contributed by atoms with Gasteiger partial charge >= 0.3 is 0 Å². The van der Waals surface area contributed by atoms with Gasteiger partial charge in [-0.2, -0.15) is 0 Å². The minimum Gasteiger partial charge on any atom is -0.295 e. The van der Waals surface area contributed by atoms with Crippen molar-refractivity contribution >= 4 is 32.7 Å². The van der Waals surface area contributed by atoms with Crippen LogP contribution in [-0.2, 0) is 0 Å². The SMILES string of the molecule is Cc1cc(-n2c(C)nc3ccccc32)c(Br)cc1[N+](=O)[O-]. The van der Waals surface area contributed by atoms with Crippen molar-refractivity contribution in [3.8, 4) is 5.69 Å². The first-order chi connectivity index (χ1) is 9.99. The van der Waals surface area contributed by atoms with Gasteiger partial charge in [0.15, 0.2) is 0 Å². The Balaban J connectivity index is 2.31. The third-order valence-electron chi connectivity index (χ3n) is 3.43. The highest BCUT2D eigenvalue weighted by Gasteiger charge is 2.17. The molecule has 0 radical (unpaired) electrons. The van der Waals surface area contributed by atoms with Crippen LogP contribution in [0.15, 0.2) is 40.9 Å². The number of fused-ring (bicyclic) bond motifs is 1. The number of aryl methyl sites for hydroxylation is 2. The van der Waals surface area contributed by atoms with Crippen molar-refractivity contribution in [2.24, 2.45) is 0 Å². The number of benzene rings is 2. The highest BCUT2D eigenvalue weighted by atomic mass is 79.9. The summed E-state index contributed by atoms with van der Waals surface area (Å²) in [6.07, 6.45) is 0. The van der Waals surface area contributed by atoms with Crippen LogP contribution in [0, 0.1) is 24.0 Å². The van der Waals surface area contributed by atoms with Crippen molar-refractivity contribution < 1.29 is 4.92 Å². The topological polar surface area (TPSA) is 61.0 Å². The normalized spacial score (nSPS) is 11.0. The molecule has 1 aromatic heterocycles. The van der Waals surface area contributed by atoms with Gasteiger partial charge in [0.2, 0.25) is 0 Å². The zero-order chi connectivity index (χ0) is 15.1. The molecule has 6 heteroatoms. The molecule has 0 N–H and O–H groups in total. The smallest absolute Gasteiger partial charge is 0.273 e. The monoisotopic (exact) mass is 345 g/mol. The molecule has 2 aromatic carbocycles. The molecule has 0 aliphatic carbocycles. The molecule has 1 heterocycles. The van der Waals surface area contributed by atoms with Crippen molar-refractivity contribution in [2.45, 2.75) is 13.8 Å². The van der Waals surface area contributed by atoms with Gasteiger partial charge in [0.25, 0.3) is 5.69 Å². The summed E-state index contributed by atoms with van der Waals surface area (Å²) in [5, 5.41) is 11.0. The van der Waals surface area contributed by atoms with E-state index in [0.717, 1.165) is 22.5 Å². The van der Waals surface area contributed by atoms with Gasteiger partial charge in [-0.15, -0.1) is 0 Å². The fourth-order valence-electron chi connectivity index (χ4n) is 2.47. The summed E-state index contributed by atoms with van der Waals surface area (Å²) in [6, 6.07) is 11.2. The molecule has 3 aromatic rings. The maximum absolute atomic E-state index is 11.0. The van der Waals surface area contributed by atoms with Crippen LogP contribution in [0.5, 0.6) is 0 Å². The number of imidazole rings is 1. The molecule has 106 valence electrons. The molecule has 0 saturated carbocycles. The molecule has 0 aliphatic rings. The fourth-order valence-corrected chi connectivity index (χ4v) is 2.98. The number of aromatic nitrogens is 2. The van der Waals surface area contributed by atoms with E-state index >= 15 is 0 Å². The third kappa shape index (κ3) is 2.21. The second-order valence-electron chi connectivity index (χ2n) is 4.83. The van der Waals surface area contributed by atoms with E-state index in [4.69, 9.17) is 0 Å². The average molecular weight is 346 g/mol. The van der Waals surface area contributed by atoms with Crippen LogP contribution in [0.2, 0.25) is 0 Å². The van der Waals surface area contributed by atoms with Crippen molar-refractivity contribution in [3.05, 3.63) is 62.4 Å². The summed E-state index contributed by atoms with van der Waals surface area (Å²) < 4.78 is 2.67. The zero-order valence-electron chi connectivity index (χ0n) is 11.5. The highest BCUT2D eigenvalue weighted by Crippen LogP contribution is 2.32. The molecule has 3 rings (SSSR count). The lowest BCUT2D eigenvalue weighted by Gasteiger charge is -2.11. The predicted molar refractivity (Wildman–Crippen MR) is 84.9 cm³/mol. The van der Waals surface area contributed by atoms with Gasteiger partial charge in [-0.25, -0.2) is 4.98 Å². The van der Waals surface area contributed by atoms with Gasteiger partial charge in [0.05, 0.1) is 21.6 Å². The zero-order valence-corrected chi connectivity index (χ0v) is 13.1. The summed E-state index contributed by atoms with van der Waals surface area (Å²) in [5.74, 6) is 0.838. The molecule has 0 unspecified atom stereocenters. The average Bonchev–Trinajstić information content (AvgIpc) is 2.76. The summed E-state index contributed by atoms with van der Waals surface area (Å²) >= 11 is 3.44. The largest absolute Gasteiger partial charge is 0.295 e. The minimum atomic E-state index is -0.372. The Bertz CT molecular complexity index is 871. The highest BCUT2D eigenvalue weighted by molar-refractivity contribution is 9.10. The van der Waals surface area contributed by atoms with E-state index in [9.17, 15) is 10.1 Å². The van der Waals surface area contributed by atoms with Gasteiger partial charge in [0.1, 0.15) is 5.82 Å². The minimum absolute atomic E-state index is 0.104. The Morgan fingerprint density at radius 2 is 1.95 bits per heavy atom. The first kappa shape index (κ1) is 13.8. The Labute approximate surface area is 129 Å². The number of nitro groups is 1. The van der Waals surface area contributed by atoms with E-state index in [1.807, 2.05) is 41.8 Å². The standard InChI is InChI=1S/C15H12BrN3O2/c1-9-7-15(11(16)8-14(9)19(20)21)18-10(2)17-12-5-3-4-6-13(12)18/h3-8H,1-2H3. The predicted octanol–water partition coefficient (Wildman–Crippen LogP) is 4.31. The Kier molecular flexibility index (Phi) is 3.25. The summed E-state index contributed by atoms with van der Waals surface area (Å²) in [5.41, 5.74) is 3.45. The van der Waals surface area contributed by atoms with Crippen LogP contribution in [0.3, 0.4) is 0 Å². The van der Waals surface area contributed by atoms with Gasteiger partial charge in [-0.3, -0.25) is 14.7 Å². The van der Waals surface area contributed by atoms with Crippen LogP contribution in [0.25, 0.3) is 16.7 Å². The summed E-state index contributed by atoms with van der Waals surface area (Å²) in [4.78, 5) is 15.2. The van der Waals surface area contributed by atoms with Crippen molar-refractivity contribution in [1.82, 2.24) is 9.55 Å². The molecule has 5 nitrogen and oxygen atoms in total. The lowest BCUT2D eigenvalue weighted by Crippen LogP contribution is -2.01. The first-order valence-corrected chi connectivity index (χ1v) is 7.17. The Morgan fingerprint density at radius 1 is 1.24 bits per heavy atom. The molecular weight excluding hydrogens is 334 g/mol. The lowest BCUT2D eigenvalue weighted by atomic mass is 10.1. The fraction of sp³-hybridized carbons (Fsp3) is 0.133. The van der Waals surface area contributed by atoms with Crippen LogP contribution in [0.1, 0.15) is 11.4 Å². The van der Waals surface area contributed by atoms with Gasteiger partial charge < -0.3 is 0 Å². The number of rotatable bonds is 2. The Morgan fingerprint density at radius 3 is 2.67 bits per heavy atom.